The van der Waals surface area contributed by atoms with E-state index in [4.69, 9.17) is 5.26 Å². The van der Waals surface area contributed by atoms with E-state index in [2.05, 4.69) is 6.07 Å². The summed E-state index contributed by atoms with van der Waals surface area (Å²) in [5, 5.41) is 28.0. The van der Waals surface area contributed by atoms with Gasteiger partial charge in [0.2, 0.25) is 0 Å². The molecule has 3 atom stereocenters. The molecule has 0 spiro atoms. The number of nitrogens with zero attached hydrogens (tertiary/aromatic N) is 2. The third-order valence-electron chi connectivity index (χ3n) is 3.20. The number of nitriles is 1. The van der Waals surface area contributed by atoms with Crippen LogP contribution in [0.15, 0.2) is 30.3 Å². The number of hydrogen-bond acceptors (Lipinski definition) is 4. The van der Waals surface area contributed by atoms with E-state index in [0.717, 1.165) is 5.56 Å². The van der Waals surface area contributed by atoms with Gasteiger partial charge >= 0.3 is 0 Å². The van der Waals surface area contributed by atoms with Gasteiger partial charge in [-0.05, 0) is 5.56 Å². The van der Waals surface area contributed by atoms with Gasteiger partial charge in [0, 0.05) is 19.1 Å². The number of hydrogen-bond donors (Lipinski definition) is 2. The lowest BCUT2D eigenvalue weighted by atomic mass is 10.0. The van der Waals surface area contributed by atoms with Gasteiger partial charge in [0.15, 0.2) is 0 Å². The van der Waals surface area contributed by atoms with Crippen molar-refractivity contribution in [3.8, 4) is 6.07 Å². The van der Waals surface area contributed by atoms with Gasteiger partial charge in [-0.3, -0.25) is 4.90 Å². The predicted molar refractivity (Wildman–Crippen MR) is 63.0 cm³/mol. The van der Waals surface area contributed by atoms with Crippen LogP contribution in [0.3, 0.4) is 0 Å². The normalized spacial score (nSPS) is 26.6. The zero-order chi connectivity index (χ0) is 12.3. The Balaban J connectivity index is 2.17. The second-order valence-electron chi connectivity index (χ2n) is 4.38. The Hall–Kier alpha value is -1.41. The first-order chi connectivity index (χ1) is 8.22. The van der Waals surface area contributed by atoms with E-state index in [1.54, 1.807) is 0 Å². The van der Waals surface area contributed by atoms with E-state index < -0.39 is 12.2 Å². The summed E-state index contributed by atoms with van der Waals surface area (Å²) >= 11 is 0. The lowest BCUT2D eigenvalue weighted by molar-refractivity contribution is 0.0572. The second-order valence-corrected chi connectivity index (χ2v) is 4.38. The van der Waals surface area contributed by atoms with Crippen LogP contribution in [-0.4, -0.2) is 40.4 Å². The fourth-order valence-corrected chi connectivity index (χ4v) is 2.27. The van der Waals surface area contributed by atoms with Crippen LogP contribution < -0.4 is 0 Å². The lowest BCUT2D eigenvalue weighted by Gasteiger charge is -2.25. The number of β-amino-alcohol motifs (C(OH)–C–C–N with tert-alkyl or cyclic N) is 2. The molecule has 0 bridgehead atoms. The smallest absolute Gasteiger partial charge is 0.0938 e. The minimum absolute atomic E-state index is 0.0481. The maximum absolute atomic E-state index is 9.56. The summed E-state index contributed by atoms with van der Waals surface area (Å²) in [6, 6.07) is 11.9. The molecule has 1 aromatic rings. The largest absolute Gasteiger partial charge is 0.389 e. The molecule has 90 valence electrons. The SMILES string of the molecule is N#CCC(c1ccccc1)N1CC(O)C(O)C1. The highest BCUT2D eigenvalue weighted by molar-refractivity contribution is 5.20. The van der Waals surface area contributed by atoms with E-state index in [1.165, 1.54) is 0 Å². The van der Waals surface area contributed by atoms with Crippen molar-refractivity contribution in [1.82, 2.24) is 4.90 Å². The summed E-state index contributed by atoms with van der Waals surface area (Å²) < 4.78 is 0. The Morgan fingerprint density at radius 3 is 2.35 bits per heavy atom. The van der Waals surface area contributed by atoms with Gasteiger partial charge in [-0.1, -0.05) is 30.3 Å². The number of benzene rings is 1. The number of aliphatic hydroxyl groups excluding tert-OH is 2. The first-order valence-electron chi connectivity index (χ1n) is 5.74. The summed E-state index contributed by atoms with van der Waals surface area (Å²) in [6.07, 6.45) is -1.05. The molecule has 3 unspecified atom stereocenters. The molecule has 2 rings (SSSR count). The molecule has 0 saturated carbocycles. The van der Waals surface area contributed by atoms with E-state index >= 15 is 0 Å². The molecule has 1 aromatic carbocycles. The molecule has 4 heteroatoms. The standard InChI is InChI=1S/C13H16N2O2/c14-7-6-11(10-4-2-1-3-5-10)15-8-12(16)13(17)9-15/h1-5,11-13,16-17H,6,8-9H2. The maximum Gasteiger partial charge on any atom is 0.0938 e. The third-order valence-corrected chi connectivity index (χ3v) is 3.20. The fraction of sp³-hybridized carbons (Fsp3) is 0.462. The van der Waals surface area contributed by atoms with Gasteiger partial charge in [-0.2, -0.15) is 5.26 Å². The van der Waals surface area contributed by atoms with Crippen molar-refractivity contribution in [2.75, 3.05) is 13.1 Å². The Bertz CT molecular complexity index is 392. The summed E-state index contributed by atoms with van der Waals surface area (Å²) in [7, 11) is 0. The summed E-state index contributed by atoms with van der Waals surface area (Å²) in [6.45, 7) is 0.838. The number of rotatable bonds is 3. The summed E-state index contributed by atoms with van der Waals surface area (Å²) in [5.41, 5.74) is 1.05. The molecule has 17 heavy (non-hydrogen) atoms. The van der Waals surface area contributed by atoms with Crippen LogP contribution in [0.4, 0.5) is 0 Å². The minimum Gasteiger partial charge on any atom is -0.389 e. The summed E-state index contributed by atoms with van der Waals surface area (Å²) in [5.74, 6) is 0. The van der Waals surface area contributed by atoms with Gasteiger partial charge < -0.3 is 10.2 Å². The molecule has 0 radical (unpaired) electrons. The summed E-state index contributed by atoms with van der Waals surface area (Å²) in [4.78, 5) is 1.97. The van der Waals surface area contributed by atoms with Crippen LogP contribution in [-0.2, 0) is 0 Å². The van der Waals surface area contributed by atoms with Crippen LogP contribution in [0.5, 0.6) is 0 Å². The van der Waals surface area contributed by atoms with Crippen LogP contribution in [0.2, 0.25) is 0 Å². The number of likely N-dealkylation sites (tertiary alicyclic amines) is 1. The highest BCUT2D eigenvalue weighted by atomic mass is 16.3. The first kappa shape index (κ1) is 12.1. The monoisotopic (exact) mass is 232 g/mol. The topological polar surface area (TPSA) is 67.5 Å². The molecular formula is C13H16N2O2. The zero-order valence-electron chi connectivity index (χ0n) is 9.53. The van der Waals surface area contributed by atoms with E-state index in [1.807, 2.05) is 35.2 Å². The molecule has 0 amide bonds. The highest BCUT2D eigenvalue weighted by Gasteiger charge is 2.34. The van der Waals surface area contributed by atoms with Crippen LogP contribution in [0.25, 0.3) is 0 Å². The van der Waals surface area contributed by atoms with Crippen molar-refractivity contribution in [2.45, 2.75) is 24.7 Å². The molecule has 1 heterocycles. The lowest BCUT2D eigenvalue weighted by Crippen LogP contribution is -2.27. The Morgan fingerprint density at radius 1 is 1.24 bits per heavy atom. The number of aliphatic hydroxyl groups is 2. The Labute approximate surface area is 101 Å². The Morgan fingerprint density at radius 2 is 1.82 bits per heavy atom. The van der Waals surface area contributed by atoms with Gasteiger partial charge in [-0.15, -0.1) is 0 Å². The maximum atomic E-state index is 9.56. The first-order valence-corrected chi connectivity index (χ1v) is 5.74. The van der Waals surface area contributed by atoms with Crippen LogP contribution >= 0.6 is 0 Å². The van der Waals surface area contributed by atoms with Crippen molar-refractivity contribution >= 4 is 0 Å². The average molecular weight is 232 g/mol. The van der Waals surface area contributed by atoms with E-state index in [9.17, 15) is 10.2 Å². The minimum atomic E-state index is -0.708. The Kier molecular flexibility index (Phi) is 3.75. The van der Waals surface area contributed by atoms with E-state index in [-0.39, 0.29) is 6.04 Å². The molecule has 0 aliphatic carbocycles. The van der Waals surface area contributed by atoms with Crippen molar-refractivity contribution in [3.63, 3.8) is 0 Å². The van der Waals surface area contributed by atoms with Gasteiger partial charge in [-0.25, -0.2) is 0 Å². The molecule has 1 aliphatic heterocycles. The van der Waals surface area contributed by atoms with Crippen molar-refractivity contribution in [1.29, 1.82) is 5.26 Å². The van der Waals surface area contributed by atoms with E-state index in [0.29, 0.717) is 19.5 Å². The molecule has 1 fully saturated rings. The van der Waals surface area contributed by atoms with Crippen molar-refractivity contribution < 1.29 is 10.2 Å². The molecule has 0 aromatic heterocycles. The quantitative estimate of drug-likeness (QED) is 0.804. The molecular weight excluding hydrogens is 216 g/mol. The van der Waals surface area contributed by atoms with Gasteiger partial charge in [0.1, 0.15) is 0 Å². The van der Waals surface area contributed by atoms with Gasteiger partial charge in [0.25, 0.3) is 0 Å². The third kappa shape index (κ3) is 2.64. The highest BCUT2D eigenvalue weighted by Crippen LogP contribution is 2.27. The predicted octanol–water partition coefficient (Wildman–Crippen LogP) is 0.679. The van der Waals surface area contributed by atoms with Crippen LogP contribution in [0, 0.1) is 11.3 Å². The zero-order valence-corrected chi connectivity index (χ0v) is 9.53. The molecule has 4 nitrogen and oxygen atoms in total. The average Bonchev–Trinajstić information content (AvgIpc) is 2.67. The van der Waals surface area contributed by atoms with Crippen molar-refractivity contribution in [3.05, 3.63) is 35.9 Å². The molecule has 2 N–H and O–H groups in total. The molecule has 1 aliphatic rings. The van der Waals surface area contributed by atoms with Crippen molar-refractivity contribution in [2.24, 2.45) is 0 Å². The van der Waals surface area contributed by atoms with Gasteiger partial charge in [0.05, 0.1) is 24.7 Å². The molecule has 1 saturated heterocycles. The van der Waals surface area contributed by atoms with Crippen LogP contribution in [0.1, 0.15) is 18.0 Å². The second kappa shape index (κ2) is 5.28. The fourth-order valence-electron chi connectivity index (χ4n) is 2.27.